The molecule has 0 aromatic carbocycles. The lowest BCUT2D eigenvalue weighted by molar-refractivity contribution is -0.124. The third-order valence-corrected chi connectivity index (χ3v) is 5.26. The number of nitrogens with zero attached hydrogens (tertiary/aromatic N) is 4. The fourth-order valence-electron chi connectivity index (χ4n) is 2.66. The van der Waals surface area contributed by atoms with Crippen molar-refractivity contribution in [3.8, 4) is 0 Å². The lowest BCUT2D eigenvalue weighted by Crippen LogP contribution is -2.34. The second-order valence-electron chi connectivity index (χ2n) is 5.86. The Morgan fingerprint density at radius 3 is 2.39 bits per heavy atom. The summed E-state index contributed by atoms with van der Waals surface area (Å²) in [6.45, 7) is 12.5. The summed E-state index contributed by atoms with van der Waals surface area (Å²) in [4.78, 5) is 12.6. The van der Waals surface area contributed by atoms with Gasteiger partial charge in [0.05, 0.1) is 27.6 Å². The van der Waals surface area contributed by atoms with Crippen molar-refractivity contribution in [2.75, 3.05) is 0 Å². The average Bonchev–Trinajstić information content (AvgIpc) is 3.01. The minimum Gasteiger partial charge on any atom is -0.348 e. The molecule has 2 aromatic rings. The zero-order valence-electron chi connectivity index (χ0n) is 14.5. The molecule has 2 aromatic heterocycles. The second-order valence-corrected chi connectivity index (χ2v) is 6.65. The Balaban J connectivity index is 2.14. The summed E-state index contributed by atoms with van der Waals surface area (Å²) in [5, 5.41) is 11.9. The molecule has 2 unspecified atom stereocenters. The van der Waals surface area contributed by atoms with Gasteiger partial charge in [-0.05, 0) is 57.5 Å². The molecule has 126 valence electrons. The van der Waals surface area contributed by atoms with Crippen LogP contribution in [0.3, 0.4) is 0 Å². The monoisotopic (exact) mass is 381 g/mol. The fourth-order valence-corrected chi connectivity index (χ4v) is 2.92. The molecule has 1 N–H and O–H groups in total. The van der Waals surface area contributed by atoms with Crippen LogP contribution in [0.5, 0.6) is 0 Å². The summed E-state index contributed by atoms with van der Waals surface area (Å²) in [6.07, 6.45) is 1.99. The zero-order chi connectivity index (χ0) is 17.3. The first kappa shape index (κ1) is 17.7. The van der Waals surface area contributed by atoms with Crippen molar-refractivity contribution in [1.82, 2.24) is 24.9 Å². The van der Waals surface area contributed by atoms with Crippen molar-refractivity contribution >= 4 is 21.8 Å². The van der Waals surface area contributed by atoms with Crippen LogP contribution in [0.1, 0.15) is 55.5 Å². The quantitative estimate of drug-likeness (QED) is 0.864. The van der Waals surface area contributed by atoms with Crippen LogP contribution in [0.15, 0.2) is 10.7 Å². The zero-order valence-corrected chi connectivity index (χ0v) is 16.1. The van der Waals surface area contributed by atoms with Crippen LogP contribution in [-0.2, 0) is 11.3 Å². The normalized spacial score (nSPS) is 13.9. The summed E-state index contributed by atoms with van der Waals surface area (Å²) < 4.78 is 4.59. The highest BCUT2D eigenvalue weighted by molar-refractivity contribution is 9.10. The van der Waals surface area contributed by atoms with Gasteiger partial charge in [-0.15, -0.1) is 0 Å². The molecule has 6 nitrogen and oxygen atoms in total. The van der Waals surface area contributed by atoms with Gasteiger partial charge in [-0.1, -0.05) is 0 Å². The predicted molar refractivity (Wildman–Crippen MR) is 93.3 cm³/mol. The molecular formula is C16H24BrN5O. The molecule has 23 heavy (non-hydrogen) atoms. The molecule has 0 aliphatic heterocycles. The minimum absolute atomic E-state index is 0.0563. The number of aryl methyl sites for hydroxylation is 3. The van der Waals surface area contributed by atoms with Crippen LogP contribution in [0.2, 0.25) is 0 Å². The number of rotatable bonds is 5. The number of hydrogen-bond donors (Lipinski definition) is 1. The highest BCUT2D eigenvalue weighted by Crippen LogP contribution is 2.23. The molecule has 0 aliphatic rings. The smallest absolute Gasteiger partial charge is 0.245 e. The standard InChI is InChI=1S/C16H24BrN5O/c1-7-21-8-14(10(3)19-21)9(2)18-16(23)13(6)22-12(5)15(17)11(4)20-22/h8-9,13H,7H2,1-6H3,(H,18,23). The molecule has 0 bridgehead atoms. The Morgan fingerprint density at radius 1 is 1.26 bits per heavy atom. The van der Waals surface area contributed by atoms with Gasteiger partial charge in [-0.2, -0.15) is 10.2 Å². The van der Waals surface area contributed by atoms with E-state index in [4.69, 9.17) is 0 Å². The topological polar surface area (TPSA) is 64.7 Å². The Morgan fingerprint density at radius 2 is 1.91 bits per heavy atom. The molecule has 0 aliphatic carbocycles. The Bertz CT molecular complexity index is 718. The van der Waals surface area contributed by atoms with E-state index in [0.717, 1.165) is 33.7 Å². The van der Waals surface area contributed by atoms with E-state index in [0.29, 0.717) is 0 Å². The van der Waals surface area contributed by atoms with Crippen LogP contribution >= 0.6 is 15.9 Å². The maximum Gasteiger partial charge on any atom is 0.245 e. The van der Waals surface area contributed by atoms with E-state index in [-0.39, 0.29) is 18.0 Å². The minimum atomic E-state index is -0.371. The molecule has 0 fully saturated rings. The van der Waals surface area contributed by atoms with Crippen molar-refractivity contribution < 1.29 is 4.79 Å². The molecule has 2 rings (SSSR count). The third-order valence-electron chi connectivity index (χ3n) is 4.12. The van der Waals surface area contributed by atoms with Gasteiger partial charge in [0.2, 0.25) is 5.91 Å². The summed E-state index contributed by atoms with van der Waals surface area (Å²) >= 11 is 3.50. The lowest BCUT2D eigenvalue weighted by Gasteiger charge is -2.18. The van der Waals surface area contributed by atoms with E-state index in [1.165, 1.54) is 0 Å². The maximum absolute atomic E-state index is 12.6. The summed E-state index contributed by atoms with van der Waals surface area (Å²) in [7, 11) is 0. The number of carbonyl (C=O) groups excluding carboxylic acids is 1. The molecule has 0 spiro atoms. The molecule has 0 saturated carbocycles. The van der Waals surface area contributed by atoms with Crippen LogP contribution in [-0.4, -0.2) is 25.5 Å². The van der Waals surface area contributed by atoms with Gasteiger partial charge >= 0.3 is 0 Å². The van der Waals surface area contributed by atoms with E-state index >= 15 is 0 Å². The van der Waals surface area contributed by atoms with Gasteiger partial charge in [-0.3, -0.25) is 14.2 Å². The highest BCUT2D eigenvalue weighted by Gasteiger charge is 2.23. The summed E-state index contributed by atoms with van der Waals surface area (Å²) in [5.74, 6) is -0.0563. The average molecular weight is 382 g/mol. The van der Waals surface area contributed by atoms with Crippen LogP contribution < -0.4 is 5.32 Å². The van der Waals surface area contributed by atoms with E-state index in [9.17, 15) is 4.79 Å². The summed E-state index contributed by atoms with van der Waals surface area (Å²) in [6, 6.07) is -0.463. The number of amides is 1. The second kappa shape index (κ2) is 6.86. The molecule has 0 saturated heterocycles. The molecule has 1 amide bonds. The first-order valence-corrected chi connectivity index (χ1v) is 8.61. The van der Waals surface area contributed by atoms with Crippen molar-refractivity contribution in [1.29, 1.82) is 0 Å². The Hall–Kier alpha value is -1.63. The van der Waals surface area contributed by atoms with Gasteiger partial charge in [0, 0.05) is 18.3 Å². The van der Waals surface area contributed by atoms with Crippen LogP contribution in [0.25, 0.3) is 0 Å². The van der Waals surface area contributed by atoms with Gasteiger partial charge in [0.15, 0.2) is 0 Å². The van der Waals surface area contributed by atoms with Crippen molar-refractivity contribution in [3.05, 3.63) is 33.3 Å². The van der Waals surface area contributed by atoms with Gasteiger partial charge in [-0.25, -0.2) is 0 Å². The molecule has 2 atom stereocenters. The summed E-state index contributed by atoms with van der Waals surface area (Å²) in [5.41, 5.74) is 3.83. The number of carbonyl (C=O) groups is 1. The highest BCUT2D eigenvalue weighted by atomic mass is 79.9. The van der Waals surface area contributed by atoms with Crippen LogP contribution in [0.4, 0.5) is 0 Å². The number of halogens is 1. The van der Waals surface area contributed by atoms with E-state index in [2.05, 4.69) is 31.4 Å². The Kier molecular flexibility index (Phi) is 5.29. The van der Waals surface area contributed by atoms with Crippen molar-refractivity contribution in [2.45, 2.75) is 60.2 Å². The largest absolute Gasteiger partial charge is 0.348 e. The fraction of sp³-hybridized carbons (Fsp3) is 0.562. The molecule has 0 radical (unpaired) electrons. The van der Waals surface area contributed by atoms with Crippen molar-refractivity contribution in [2.24, 2.45) is 0 Å². The predicted octanol–water partition coefficient (Wildman–Crippen LogP) is 3.23. The van der Waals surface area contributed by atoms with Crippen LogP contribution in [0, 0.1) is 20.8 Å². The van der Waals surface area contributed by atoms with E-state index in [1.807, 2.05) is 52.4 Å². The van der Waals surface area contributed by atoms with Gasteiger partial charge < -0.3 is 5.32 Å². The first-order chi connectivity index (χ1) is 10.8. The first-order valence-electron chi connectivity index (χ1n) is 7.81. The van der Waals surface area contributed by atoms with Gasteiger partial charge in [0.25, 0.3) is 0 Å². The number of nitrogens with one attached hydrogen (secondary N) is 1. The Labute approximate surface area is 145 Å². The molecule has 2 heterocycles. The molecule has 7 heteroatoms. The molecular weight excluding hydrogens is 358 g/mol. The lowest BCUT2D eigenvalue weighted by atomic mass is 10.1. The number of aromatic nitrogens is 4. The SMILES string of the molecule is CCn1cc(C(C)NC(=O)C(C)n2nc(C)c(Br)c2C)c(C)n1. The van der Waals surface area contributed by atoms with Gasteiger partial charge in [0.1, 0.15) is 6.04 Å². The number of hydrogen-bond acceptors (Lipinski definition) is 3. The van der Waals surface area contributed by atoms with Crippen molar-refractivity contribution in [3.63, 3.8) is 0 Å². The third kappa shape index (κ3) is 3.49. The van der Waals surface area contributed by atoms with E-state index in [1.54, 1.807) is 4.68 Å². The maximum atomic E-state index is 12.6. The van der Waals surface area contributed by atoms with E-state index < -0.39 is 0 Å².